The highest BCUT2D eigenvalue weighted by molar-refractivity contribution is 5.87. The molecule has 0 radical (unpaired) electrons. The molecule has 0 saturated heterocycles. The van der Waals surface area contributed by atoms with Gasteiger partial charge in [-0.3, -0.25) is 0 Å². The second kappa shape index (κ2) is 6.04. The number of nitrogens with zero attached hydrogens (tertiary/aromatic N) is 3. The van der Waals surface area contributed by atoms with E-state index in [-0.39, 0.29) is 0 Å². The van der Waals surface area contributed by atoms with Gasteiger partial charge in [0, 0.05) is 11.9 Å². The number of anilines is 1. The van der Waals surface area contributed by atoms with E-state index in [2.05, 4.69) is 9.97 Å². The summed E-state index contributed by atoms with van der Waals surface area (Å²) < 4.78 is 7.80. The lowest BCUT2D eigenvalue weighted by atomic mass is 10.2. The van der Waals surface area contributed by atoms with Gasteiger partial charge in [0.05, 0.1) is 5.39 Å². The Balaban J connectivity index is 1.56. The van der Waals surface area contributed by atoms with Crippen LogP contribution in [0.15, 0.2) is 73.2 Å². The molecule has 2 N–H and O–H groups in total. The number of ether oxygens (including phenoxy) is 1. The summed E-state index contributed by atoms with van der Waals surface area (Å²) in [6.07, 6.45) is 3.42. The number of hydrogen-bond acceptors (Lipinski definition) is 4. The van der Waals surface area contributed by atoms with Crippen LogP contribution >= 0.6 is 0 Å². The highest BCUT2D eigenvalue weighted by Crippen LogP contribution is 2.23. The monoisotopic (exact) mass is 316 g/mol. The maximum absolute atomic E-state index is 5.88. The Morgan fingerprint density at radius 3 is 2.50 bits per heavy atom. The zero-order chi connectivity index (χ0) is 16.4. The summed E-state index contributed by atoms with van der Waals surface area (Å²) in [5, 5.41) is 0.849. The topological polar surface area (TPSA) is 66.0 Å². The van der Waals surface area contributed by atoms with Gasteiger partial charge in [-0.05, 0) is 35.9 Å². The van der Waals surface area contributed by atoms with Crippen molar-refractivity contribution >= 4 is 16.9 Å². The molecule has 0 bridgehead atoms. The van der Waals surface area contributed by atoms with Crippen molar-refractivity contribution < 1.29 is 4.74 Å². The lowest BCUT2D eigenvalue weighted by molar-refractivity contribution is 0.306. The zero-order valence-electron chi connectivity index (χ0n) is 13.0. The molecule has 0 saturated carbocycles. The average Bonchev–Trinajstić information content (AvgIpc) is 3.07. The molecule has 118 valence electrons. The van der Waals surface area contributed by atoms with Crippen molar-refractivity contribution in [1.82, 2.24) is 14.5 Å². The Bertz CT molecular complexity index is 962. The van der Waals surface area contributed by atoms with Crippen LogP contribution < -0.4 is 10.5 Å². The fraction of sp³-hybridized carbons (Fsp3) is 0.0526. The van der Waals surface area contributed by atoms with Crippen molar-refractivity contribution in [2.75, 3.05) is 5.73 Å². The maximum atomic E-state index is 5.88. The van der Waals surface area contributed by atoms with E-state index in [9.17, 15) is 0 Å². The van der Waals surface area contributed by atoms with Gasteiger partial charge in [0.1, 0.15) is 30.1 Å². The van der Waals surface area contributed by atoms with Gasteiger partial charge in [-0.25, -0.2) is 9.97 Å². The van der Waals surface area contributed by atoms with Gasteiger partial charge in [-0.1, -0.05) is 30.3 Å². The van der Waals surface area contributed by atoms with Crippen LogP contribution in [0.4, 0.5) is 5.82 Å². The minimum absolute atomic E-state index is 0.488. The second-order valence-electron chi connectivity index (χ2n) is 5.45. The minimum Gasteiger partial charge on any atom is -0.489 e. The third-order valence-electron chi connectivity index (χ3n) is 3.88. The van der Waals surface area contributed by atoms with Gasteiger partial charge in [0.2, 0.25) is 0 Å². The predicted octanol–water partition coefficient (Wildman–Crippen LogP) is 3.58. The summed E-state index contributed by atoms with van der Waals surface area (Å²) in [4.78, 5) is 8.33. The van der Waals surface area contributed by atoms with E-state index in [4.69, 9.17) is 10.5 Å². The lowest BCUT2D eigenvalue weighted by Crippen LogP contribution is -1.98. The standard InChI is InChI=1S/C19H16N4O/c20-18-17-10-11-23(19(17)22-13-21-18)15-6-8-16(9-7-15)24-12-14-4-2-1-3-5-14/h1-11,13H,12H2,(H2,20,21,22). The Hall–Kier alpha value is -3.34. The fourth-order valence-electron chi connectivity index (χ4n) is 2.62. The summed E-state index contributed by atoms with van der Waals surface area (Å²) in [5.74, 6) is 1.31. The Kier molecular flexibility index (Phi) is 3.59. The highest BCUT2D eigenvalue weighted by Gasteiger charge is 2.07. The smallest absolute Gasteiger partial charge is 0.150 e. The molecule has 0 fully saturated rings. The van der Waals surface area contributed by atoms with Crippen molar-refractivity contribution in [3.8, 4) is 11.4 Å². The molecule has 0 spiro atoms. The molecule has 4 rings (SSSR count). The Morgan fingerprint density at radius 1 is 0.917 bits per heavy atom. The Labute approximate surface area is 139 Å². The summed E-state index contributed by atoms with van der Waals surface area (Å²) in [5.41, 5.74) is 8.81. The molecule has 0 unspecified atom stereocenters. The highest BCUT2D eigenvalue weighted by atomic mass is 16.5. The first-order valence-corrected chi connectivity index (χ1v) is 7.66. The maximum Gasteiger partial charge on any atom is 0.150 e. The molecule has 0 atom stereocenters. The molecule has 0 aliphatic rings. The molecule has 2 heterocycles. The third kappa shape index (κ3) is 2.67. The zero-order valence-corrected chi connectivity index (χ0v) is 13.0. The van der Waals surface area contributed by atoms with Gasteiger partial charge in [0.15, 0.2) is 0 Å². The lowest BCUT2D eigenvalue weighted by Gasteiger charge is -2.09. The van der Waals surface area contributed by atoms with E-state index in [1.54, 1.807) is 0 Å². The van der Waals surface area contributed by atoms with Gasteiger partial charge in [0.25, 0.3) is 0 Å². The first kappa shape index (κ1) is 14.3. The van der Waals surface area contributed by atoms with Crippen molar-refractivity contribution in [2.45, 2.75) is 6.61 Å². The summed E-state index contributed by atoms with van der Waals surface area (Å²) in [7, 11) is 0. The predicted molar refractivity (Wildman–Crippen MR) is 94.1 cm³/mol. The largest absolute Gasteiger partial charge is 0.489 e. The van der Waals surface area contributed by atoms with Gasteiger partial charge in [-0.15, -0.1) is 0 Å². The van der Waals surface area contributed by atoms with Gasteiger partial charge < -0.3 is 15.0 Å². The number of aromatic nitrogens is 3. The summed E-state index contributed by atoms with van der Waals surface area (Å²) in [6.45, 7) is 0.552. The number of benzene rings is 2. The van der Waals surface area contributed by atoms with Crippen LogP contribution in [-0.2, 0) is 6.61 Å². The van der Waals surface area contributed by atoms with Crippen molar-refractivity contribution in [1.29, 1.82) is 0 Å². The number of nitrogens with two attached hydrogens (primary N) is 1. The number of nitrogen functional groups attached to an aromatic ring is 1. The van der Waals surface area contributed by atoms with Gasteiger partial charge >= 0.3 is 0 Å². The summed E-state index contributed by atoms with van der Waals surface area (Å²) in [6, 6.07) is 19.9. The van der Waals surface area contributed by atoms with E-state index in [1.807, 2.05) is 71.4 Å². The quantitative estimate of drug-likeness (QED) is 0.625. The fourth-order valence-corrected chi connectivity index (χ4v) is 2.62. The average molecular weight is 316 g/mol. The van der Waals surface area contributed by atoms with E-state index in [0.29, 0.717) is 12.4 Å². The SMILES string of the molecule is Nc1ncnc2c1ccn2-c1ccc(OCc2ccccc2)cc1. The van der Waals surface area contributed by atoms with E-state index < -0.39 is 0 Å². The number of rotatable bonds is 4. The molecular formula is C19H16N4O. The van der Waals surface area contributed by atoms with Crippen LogP contribution in [0.3, 0.4) is 0 Å². The van der Waals surface area contributed by atoms with Crippen molar-refractivity contribution in [2.24, 2.45) is 0 Å². The van der Waals surface area contributed by atoms with Crippen LogP contribution in [0, 0.1) is 0 Å². The minimum atomic E-state index is 0.488. The number of fused-ring (bicyclic) bond motifs is 1. The van der Waals surface area contributed by atoms with Crippen LogP contribution in [-0.4, -0.2) is 14.5 Å². The molecule has 2 aromatic heterocycles. The number of hydrogen-bond donors (Lipinski definition) is 1. The first-order valence-electron chi connectivity index (χ1n) is 7.66. The molecular weight excluding hydrogens is 300 g/mol. The molecule has 0 aliphatic heterocycles. The van der Waals surface area contributed by atoms with Crippen LogP contribution in [0.2, 0.25) is 0 Å². The normalized spacial score (nSPS) is 10.8. The van der Waals surface area contributed by atoms with Crippen LogP contribution in [0.25, 0.3) is 16.7 Å². The molecule has 0 aliphatic carbocycles. The van der Waals surface area contributed by atoms with Crippen molar-refractivity contribution in [3.05, 3.63) is 78.8 Å². The Morgan fingerprint density at radius 2 is 1.71 bits per heavy atom. The van der Waals surface area contributed by atoms with Crippen LogP contribution in [0.1, 0.15) is 5.56 Å². The molecule has 5 nitrogen and oxygen atoms in total. The molecule has 5 heteroatoms. The first-order chi connectivity index (χ1) is 11.8. The van der Waals surface area contributed by atoms with E-state index in [0.717, 1.165) is 28.0 Å². The van der Waals surface area contributed by atoms with E-state index >= 15 is 0 Å². The third-order valence-corrected chi connectivity index (χ3v) is 3.88. The van der Waals surface area contributed by atoms with Crippen LogP contribution in [0.5, 0.6) is 5.75 Å². The molecule has 4 aromatic rings. The van der Waals surface area contributed by atoms with E-state index in [1.165, 1.54) is 6.33 Å². The second-order valence-corrected chi connectivity index (χ2v) is 5.45. The van der Waals surface area contributed by atoms with Crippen molar-refractivity contribution in [3.63, 3.8) is 0 Å². The summed E-state index contributed by atoms with van der Waals surface area (Å²) >= 11 is 0. The molecule has 24 heavy (non-hydrogen) atoms. The van der Waals surface area contributed by atoms with Gasteiger partial charge in [-0.2, -0.15) is 0 Å². The molecule has 0 amide bonds. The molecule has 2 aromatic carbocycles.